The summed E-state index contributed by atoms with van der Waals surface area (Å²) in [7, 11) is -1.16. The van der Waals surface area contributed by atoms with Crippen LogP contribution in [0.1, 0.15) is 6.92 Å². The van der Waals surface area contributed by atoms with Crippen molar-refractivity contribution in [1.29, 1.82) is 0 Å². The molecule has 0 N–H and O–H groups in total. The second-order valence-corrected chi connectivity index (χ2v) is 6.77. The molecule has 0 aliphatic heterocycles. The molecule has 0 radical (unpaired) electrons. The van der Waals surface area contributed by atoms with Crippen molar-refractivity contribution in [3.63, 3.8) is 0 Å². The minimum atomic E-state index is -1.16. The van der Waals surface area contributed by atoms with Gasteiger partial charge < -0.3 is 0 Å². The standard InChI is InChI=1S/C17H14N4OS/c1-2-23(22)17-14-11-7-6-10-13(14)16-19-18-15(21(16)20-17)12-8-4-3-5-9-12/h3-11H,2H2,1H3. The first-order valence-corrected chi connectivity index (χ1v) is 8.69. The maximum Gasteiger partial charge on any atom is 0.186 e. The summed E-state index contributed by atoms with van der Waals surface area (Å²) in [4.78, 5) is 0. The van der Waals surface area contributed by atoms with Crippen LogP contribution in [-0.2, 0) is 10.8 Å². The van der Waals surface area contributed by atoms with Crippen LogP contribution in [0.15, 0.2) is 59.6 Å². The van der Waals surface area contributed by atoms with E-state index in [1.807, 2.05) is 61.5 Å². The molecule has 2 aromatic carbocycles. The molecule has 23 heavy (non-hydrogen) atoms. The molecule has 4 aromatic rings. The Bertz CT molecular complexity index is 1030. The van der Waals surface area contributed by atoms with E-state index in [-0.39, 0.29) is 0 Å². The highest BCUT2D eigenvalue weighted by Crippen LogP contribution is 2.26. The minimum Gasteiger partial charge on any atom is -0.253 e. The van der Waals surface area contributed by atoms with Crippen molar-refractivity contribution in [2.45, 2.75) is 11.9 Å². The van der Waals surface area contributed by atoms with Crippen molar-refractivity contribution in [3.8, 4) is 11.4 Å². The number of hydrogen-bond donors (Lipinski definition) is 0. The first-order chi connectivity index (χ1) is 11.3. The molecule has 0 aliphatic rings. The molecule has 0 saturated heterocycles. The number of benzene rings is 2. The van der Waals surface area contributed by atoms with Gasteiger partial charge in [-0.05, 0) is 0 Å². The lowest BCUT2D eigenvalue weighted by molar-refractivity contribution is 0.679. The van der Waals surface area contributed by atoms with Crippen molar-refractivity contribution in [1.82, 2.24) is 19.8 Å². The van der Waals surface area contributed by atoms with Crippen LogP contribution >= 0.6 is 0 Å². The molecule has 0 saturated carbocycles. The minimum absolute atomic E-state index is 0.519. The predicted molar refractivity (Wildman–Crippen MR) is 90.7 cm³/mol. The van der Waals surface area contributed by atoms with E-state index in [2.05, 4.69) is 15.3 Å². The molecule has 2 aromatic heterocycles. The number of nitrogens with zero attached hydrogens (tertiary/aromatic N) is 4. The summed E-state index contributed by atoms with van der Waals surface area (Å²) in [5, 5.41) is 15.6. The van der Waals surface area contributed by atoms with E-state index in [9.17, 15) is 4.21 Å². The zero-order valence-electron chi connectivity index (χ0n) is 12.5. The molecule has 0 amide bonds. The monoisotopic (exact) mass is 322 g/mol. The Labute approximate surface area is 135 Å². The van der Waals surface area contributed by atoms with Crippen LogP contribution in [0.2, 0.25) is 0 Å². The summed E-state index contributed by atoms with van der Waals surface area (Å²) in [6.45, 7) is 1.89. The molecule has 114 valence electrons. The van der Waals surface area contributed by atoms with Gasteiger partial charge in [-0.1, -0.05) is 61.5 Å². The van der Waals surface area contributed by atoms with E-state index >= 15 is 0 Å². The second kappa shape index (κ2) is 5.55. The van der Waals surface area contributed by atoms with E-state index in [4.69, 9.17) is 0 Å². The van der Waals surface area contributed by atoms with Gasteiger partial charge in [0.2, 0.25) is 0 Å². The van der Waals surface area contributed by atoms with Crippen molar-refractivity contribution in [2.75, 3.05) is 5.75 Å². The Kier molecular flexibility index (Phi) is 3.38. The van der Waals surface area contributed by atoms with E-state index in [1.54, 1.807) is 4.52 Å². The molecule has 4 rings (SSSR count). The molecule has 0 fully saturated rings. The van der Waals surface area contributed by atoms with Gasteiger partial charge in [-0.3, -0.25) is 4.21 Å². The summed E-state index contributed by atoms with van der Waals surface area (Å²) >= 11 is 0. The zero-order valence-corrected chi connectivity index (χ0v) is 13.3. The Morgan fingerprint density at radius 3 is 2.39 bits per heavy atom. The zero-order chi connectivity index (χ0) is 15.8. The molecule has 0 bridgehead atoms. The topological polar surface area (TPSA) is 60.2 Å². The van der Waals surface area contributed by atoms with Crippen LogP contribution in [0.5, 0.6) is 0 Å². The highest BCUT2D eigenvalue weighted by Gasteiger charge is 2.17. The van der Waals surface area contributed by atoms with E-state index in [1.165, 1.54) is 0 Å². The van der Waals surface area contributed by atoms with Crippen molar-refractivity contribution >= 4 is 27.2 Å². The van der Waals surface area contributed by atoms with Gasteiger partial charge in [0.15, 0.2) is 16.5 Å². The van der Waals surface area contributed by atoms with Crippen LogP contribution in [0.4, 0.5) is 0 Å². The molecule has 5 nitrogen and oxygen atoms in total. The van der Waals surface area contributed by atoms with Gasteiger partial charge in [-0.25, -0.2) is 0 Å². The number of fused-ring (bicyclic) bond motifs is 3. The Morgan fingerprint density at radius 2 is 1.65 bits per heavy atom. The molecular formula is C17H14N4OS. The number of rotatable bonds is 3. The van der Waals surface area contributed by atoms with Crippen molar-refractivity contribution in [2.24, 2.45) is 0 Å². The fraction of sp³-hybridized carbons (Fsp3) is 0.118. The molecule has 6 heteroatoms. The molecule has 1 atom stereocenters. The van der Waals surface area contributed by atoms with Gasteiger partial charge in [0.05, 0.1) is 10.8 Å². The van der Waals surface area contributed by atoms with Gasteiger partial charge in [0.25, 0.3) is 0 Å². The Balaban J connectivity index is 2.11. The fourth-order valence-electron chi connectivity index (χ4n) is 2.62. The summed E-state index contributed by atoms with van der Waals surface area (Å²) in [6.07, 6.45) is 0. The summed E-state index contributed by atoms with van der Waals surface area (Å²) < 4.78 is 14.1. The summed E-state index contributed by atoms with van der Waals surface area (Å²) in [5.41, 5.74) is 1.60. The van der Waals surface area contributed by atoms with Gasteiger partial charge in [0.1, 0.15) is 0 Å². The third-order valence-electron chi connectivity index (χ3n) is 3.74. The quantitative estimate of drug-likeness (QED) is 0.581. The highest BCUT2D eigenvalue weighted by atomic mass is 32.2. The van der Waals surface area contributed by atoms with Gasteiger partial charge in [0, 0.05) is 22.1 Å². The largest absolute Gasteiger partial charge is 0.253 e. The molecule has 2 heterocycles. The van der Waals surface area contributed by atoms with E-state index < -0.39 is 10.8 Å². The lowest BCUT2D eigenvalue weighted by Gasteiger charge is -2.07. The lowest BCUT2D eigenvalue weighted by Crippen LogP contribution is -2.05. The van der Waals surface area contributed by atoms with Crippen LogP contribution < -0.4 is 0 Å². The SMILES string of the molecule is CCS(=O)c1nn2c(-c3ccccc3)nnc2c2ccccc12. The highest BCUT2D eigenvalue weighted by molar-refractivity contribution is 7.85. The first kappa shape index (κ1) is 14.0. The Morgan fingerprint density at radius 1 is 0.957 bits per heavy atom. The maximum absolute atomic E-state index is 12.4. The Hall–Kier alpha value is -2.60. The molecule has 0 aliphatic carbocycles. The predicted octanol–water partition coefficient (Wildman–Crippen LogP) is 3.07. The maximum atomic E-state index is 12.4. The summed E-state index contributed by atoms with van der Waals surface area (Å²) in [5.74, 6) is 1.17. The van der Waals surface area contributed by atoms with Crippen LogP contribution in [-0.4, -0.2) is 29.8 Å². The smallest absolute Gasteiger partial charge is 0.186 e. The van der Waals surface area contributed by atoms with Crippen LogP contribution in [0.3, 0.4) is 0 Å². The van der Waals surface area contributed by atoms with Crippen molar-refractivity contribution in [3.05, 3.63) is 54.6 Å². The first-order valence-electron chi connectivity index (χ1n) is 7.37. The molecular weight excluding hydrogens is 308 g/mol. The number of hydrogen-bond acceptors (Lipinski definition) is 4. The third-order valence-corrected chi connectivity index (χ3v) is 5.00. The van der Waals surface area contributed by atoms with Gasteiger partial charge in [-0.15, -0.1) is 10.2 Å². The van der Waals surface area contributed by atoms with Crippen LogP contribution in [0, 0.1) is 0 Å². The fourth-order valence-corrected chi connectivity index (χ4v) is 3.49. The van der Waals surface area contributed by atoms with E-state index in [0.717, 1.165) is 16.3 Å². The summed E-state index contributed by atoms with van der Waals surface area (Å²) in [6, 6.07) is 17.5. The average Bonchev–Trinajstić information content (AvgIpc) is 3.05. The van der Waals surface area contributed by atoms with E-state index in [0.29, 0.717) is 22.3 Å². The van der Waals surface area contributed by atoms with Gasteiger partial charge >= 0.3 is 0 Å². The number of aromatic nitrogens is 4. The van der Waals surface area contributed by atoms with Crippen LogP contribution in [0.25, 0.3) is 27.8 Å². The normalized spacial score (nSPS) is 12.7. The average molecular weight is 322 g/mol. The second-order valence-electron chi connectivity index (χ2n) is 5.11. The molecule has 0 spiro atoms. The van der Waals surface area contributed by atoms with Gasteiger partial charge in [-0.2, -0.15) is 9.61 Å². The third kappa shape index (κ3) is 2.22. The lowest BCUT2D eigenvalue weighted by atomic mass is 10.2. The molecule has 1 unspecified atom stereocenters. The van der Waals surface area contributed by atoms with Crippen molar-refractivity contribution < 1.29 is 4.21 Å².